The highest BCUT2D eigenvalue weighted by molar-refractivity contribution is 5.94. The van der Waals surface area contributed by atoms with Crippen LogP contribution in [0.25, 0.3) is 0 Å². The molecule has 23 heavy (non-hydrogen) atoms. The molecule has 1 aliphatic rings. The first-order chi connectivity index (χ1) is 10.6. The fourth-order valence-electron chi connectivity index (χ4n) is 2.69. The lowest BCUT2D eigenvalue weighted by atomic mass is 10.1. The number of amides is 1. The van der Waals surface area contributed by atoms with Crippen LogP contribution in [0, 0.1) is 11.6 Å². The molecule has 2 aromatic rings. The summed E-state index contributed by atoms with van der Waals surface area (Å²) >= 11 is 0. The van der Waals surface area contributed by atoms with Crippen molar-refractivity contribution >= 4 is 18.3 Å². The van der Waals surface area contributed by atoms with E-state index in [-0.39, 0.29) is 24.0 Å². The van der Waals surface area contributed by atoms with E-state index in [0.717, 1.165) is 18.2 Å². The highest BCUT2D eigenvalue weighted by Gasteiger charge is 2.32. The van der Waals surface area contributed by atoms with E-state index < -0.39 is 17.5 Å². The molecule has 1 amide bonds. The third kappa shape index (κ3) is 3.35. The smallest absolute Gasteiger partial charge is 0.257 e. The molecule has 1 unspecified atom stereocenters. The number of aromatic nitrogens is 2. The predicted octanol–water partition coefficient (Wildman–Crippen LogP) is 1.91. The van der Waals surface area contributed by atoms with E-state index in [0.29, 0.717) is 25.5 Å². The zero-order valence-corrected chi connectivity index (χ0v) is 13.3. The first-order valence-electron chi connectivity index (χ1n) is 7.02. The zero-order valence-electron chi connectivity index (χ0n) is 12.5. The second-order valence-electron chi connectivity index (χ2n) is 5.24. The van der Waals surface area contributed by atoms with E-state index in [4.69, 9.17) is 0 Å². The highest BCUT2D eigenvalue weighted by atomic mass is 35.5. The minimum Gasteiger partial charge on any atom is -0.336 e. The summed E-state index contributed by atoms with van der Waals surface area (Å²) in [6, 6.07) is 2.60. The largest absolute Gasteiger partial charge is 0.336 e. The van der Waals surface area contributed by atoms with E-state index in [1.54, 1.807) is 12.4 Å². The predicted molar refractivity (Wildman–Crippen MR) is 83.5 cm³/mol. The van der Waals surface area contributed by atoms with Crippen molar-refractivity contribution in [3.63, 3.8) is 0 Å². The monoisotopic (exact) mass is 342 g/mol. The minimum atomic E-state index is -0.719. The first kappa shape index (κ1) is 17.4. The van der Waals surface area contributed by atoms with E-state index in [2.05, 4.69) is 10.3 Å². The lowest BCUT2D eigenvalue weighted by Gasteiger charge is -2.35. The Kier molecular flexibility index (Phi) is 5.33. The Hall–Kier alpha value is -1.99. The van der Waals surface area contributed by atoms with E-state index in [1.165, 1.54) is 4.90 Å². The van der Waals surface area contributed by atoms with Gasteiger partial charge in [0.15, 0.2) is 0 Å². The number of carbonyl (C=O) groups excluding carboxylic acids is 1. The van der Waals surface area contributed by atoms with Crippen molar-refractivity contribution in [2.45, 2.75) is 6.04 Å². The second kappa shape index (κ2) is 7.06. The van der Waals surface area contributed by atoms with E-state index >= 15 is 0 Å². The van der Waals surface area contributed by atoms with E-state index in [1.807, 2.05) is 11.6 Å². The molecule has 1 N–H and O–H groups in total. The molecular weight excluding hydrogens is 326 g/mol. The SMILES string of the molecule is Cl.Cn1ccnc1C1CNCCN1C(=O)c1cc(F)ccc1F. The summed E-state index contributed by atoms with van der Waals surface area (Å²) in [7, 11) is 1.84. The maximum Gasteiger partial charge on any atom is 0.257 e. The fourth-order valence-corrected chi connectivity index (χ4v) is 2.69. The zero-order chi connectivity index (χ0) is 15.7. The van der Waals surface area contributed by atoms with Crippen LogP contribution in [0.5, 0.6) is 0 Å². The molecule has 1 atom stereocenters. The van der Waals surface area contributed by atoms with Gasteiger partial charge in [-0.25, -0.2) is 13.8 Å². The third-order valence-electron chi connectivity index (χ3n) is 3.82. The number of imidazole rings is 1. The van der Waals surface area contributed by atoms with Crippen LogP contribution in [-0.2, 0) is 7.05 Å². The van der Waals surface area contributed by atoms with Crippen molar-refractivity contribution in [1.82, 2.24) is 19.8 Å². The molecule has 5 nitrogen and oxygen atoms in total. The van der Waals surface area contributed by atoms with Gasteiger partial charge in [0.25, 0.3) is 5.91 Å². The molecule has 0 saturated carbocycles. The molecule has 0 radical (unpaired) electrons. The van der Waals surface area contributed by atoms with Gasteiger partial charge >= 0.3 is 0 Å². The number of nitrogens with one attached hydrogen (secondary N) is 1. The average molecular weight is 343 g/mol. The van der Waals surface area contributed by atoms with Gasteiger partial charge in [0.05, 0.1) is 5.56 Å². The number of hydrogen-bond acceptors (Lipinski definition) is 3. The molecule has 0 bridgehead atoms. The van der Waals surface area contributed by atoms with Crippen molar-refractivity contribution in [3.05, 3.63) is 53.6 Å². The Morgan fingerprint density at radius 3 is 2.87 bits per heavy atom. The van der Waals surface area contributed by atoms with Gasteiger partial charge in [-0.3, -0.25) is 4.79 Å². The first-order valence-corrected chi connectivity index (χ1v) is 7.02. The van der Waals surface area contributed by atoms with Crippen LogP contribution in [0.2, 0.25) is 0 Å². The molecule has 1 aromatic carbocycles. The van der Waals surface area contributed by atoms with Crippen molar-refractivity contribution in [2.75, 3.05) is 19.6 Å². The topological polar surface area (TPSA) is 50.2 Å². The Morgan fingerprint density at radius 2 is 2.17 bits per heavy atom. The molecule has 1 aromatic heterocycles. The molecule has 0 spiro atoms. The summed E-state index contributed by atoms with van der Waals surface area (Å²) in [6.45, 7) is 1.53. The van der Waals surface area contributed by atoms with Gasteiger partial charge in [-0.15, -0.1) is 12.4 Å². The quantitative estimate of drug-likeness (QED) is 0.907. The van der Waals surface area contributed by atoms with Crippen molar-refractivity contribution < 1.29 is 13.6 Å². The third-order valence-corrected chi connectivity index (χ3v) is 3.82. The summed E-state index contributed by atoms with van der Waals surface area (Å²) in [4.78, 5) is 18.4. The van der Waals surface area contributed by atoms with Gasteiger partial charge in [0, 0.05) is 39.1 Å². The summed E-state index contributed by atoms with van der Waals surface area (Å²) in [5, 5.41) is 3.20. The number of piperazine rings is 1. The lowest BCUT2D eigenvalue weighted by molar-refractivity contribution is 0.0615. The molecule has 1 aliphatic heterocycles. The normalized spacial score (nSPS) is 17.7. The highest BCUT2D eigenvalue weighted by Crippen LogP contribution is 2.24. The van der Waals surface area contributed by atoms with Crippen LogP contribution in [0.15, 0.2) is 30.6 Å². The Morgan fingerprint density at radius 1 is 1.39 bits per heavy atom. The molecule has 1 fully saturated rings. The molecule has 8 heteroatoms. The van der Waals surface area contributed by atoms with Crippen molar-refractivity contribution in [1.29, 1.82) is 0 Å². The Bertz CT molecular complexity index is 707. The standard InChI is InChI=1S/C15H16F2N4O.ClH/c1-20-6-5-19-14(20)13-9-18-4-7-21(13)15(22)11-8-10(16)2-3-12(11)17;/h2-3,5-6,8,13,18H,4,7,9H2,1H3;1H. The second-order valence-corrected chi connectivity index (χ2v) is 5.24. The average Bonchev–Trinajstić information content (AvgIpc) is 2.95. The Balaban J connectivity index is 0.00000192. The molecule has 0 aliphatic carbocycles. The summed E-state index contributed by atoms with van der Waals surface area (Å²) < 4.78 is 29.0. The maximum atomic E-state index is 13.9. The molecule has 124 valence electrons. The van der Waals surface area contributed by atoms with Crippen LogP contribution >= 0.6 is 12.4 Å². The van der Waals surface area contributed by atoms with Gasteiger partial charge in [0.2, 0.25) is 0 Å². The summed E-state index contributed by atoms with van der Waals surface area (Å²) in [5.74, 6) is -1.17. The van der Waals surface area contributed by atoms with Crippen LogP contribution in [0.3, 0.4) is 0 Å². The van der Waals surface area contributed by atoms with Gasteiger partial charge in [-0.05, 0) is 18.2 Å². The van der Waals surface area contributed by atoms with Crippen LogP contribution in [0.4, 0.5) is 8.78 Å². The van der Waals surface area contributed by atoms with Crippen LogP contribution < -0.4 is 5.32 Å². The summed E-state index contributed by atoms with van der Waals surface area (Å²) in [5.41, 5.74) is -0.249. The Labute approximate surface area is 138 Å². The lowest BCUT2D eigenvalue weighted by Crippen LogP contribution is -2.49. The van der Waals surface area contributed by atoms with Crippen LogP contribution in [-0.4, -0.2) is 40.0 Å². The number of aryl methyl sites for hydroxylation is 1. The molecule has 1 saturated heterocycles. The van der Waals surface area contributed by atoms with Crippen molar-refractivity contribution in [2.24, 2.45) is 7.05 Å². The number of halogens is 3. The number of nitrogens with zero attached hydrogens (tertiary/aromatic N) is 3. The van der Waals surface area contributed by atoms with E-state index in [9.17, 15) is 13.6 Å². The number of rotatable bonds is 2. The van der Waals surface area contributed by atoms with Crippen molar-refractivity contribution in [3.8, 4) is 0 Å². The number of benzene rings is 1. The van der Waals surface area contributed by atoms with Gasteiger partial charge in [0.1, 0.15) is 23.5 Å². The van der Waals surface area contributed by atoms with Crippen LogP contribution in [0.1, 0.15) is 22.2 Å². The molecular formula is C15H17ClF2N4O. The van der Waals surface area contributed by atoms with Gasteiger partial charge in [-0.2, -0.15) is 0 Å². The maximum absolute atomic E-state index is 13.9. The minimum absolute atomic E-state index is 0. The number of carbonyl (C=O) groups is 1. The molecule has 2 heterocycles. The fraction of sp³-hybridized carbons (Fsp3) is 0.333. The molecule has 3 rings (SSSR count). The number of hydrogen-bond donors (Lipinski definition) is 1. The van der Waals surface area contributed by atoms with Gasteiger partial charge < -0.3 is 14.8 Å². The summed E-state index contributed by atoms with van der Waals surface area (Å²) in [6.07, 6.45) is 3.44. The van der Waals surface area contributed by atoms with Gasteiger partial charge in [-0.1, -0.05) is 0 Å².